The van der Waals surface area contributed by atoms with Gasteiger partial charge in [0.05, 0.1) is 12.9 Å². The zero-order chi connectivity index (χ0) is 14.4. The van der Waals surface area contributed by atoms with Crippen molar-refractivity contribution >= 4 is 11.2 Å². The van der Waals surface area contributed by atoms with Gasteiger partial charge in [0, 0.05) is 0 Å². The number of aromatic amines is 1. The van der Waals surface area contributed by atoms with E-state index in [0.717, 1.165) is 0 Å². The van der Waals surface area contributed by atoms with Crippen LogP contribution in [0.4, 0.5) is 0 Å². The molecule has 1 aliphatic rings. The number of nitrogens with one attached hydrogen (secondary N) is 1. The summed E-state index contributed by atoms with van der Waals surface area (Å²) in [6.45, 7) is 1.20. The van der Waals surface area contributed by atoms with Crippen LogP contribution in [-0.4, -0.2) is 59.8 Å². The fraction of sp³-hybridized carbons (Fsp3) is 0.545. The smallest absolute Gasteiger partial charge is 0.279 e. The molecule has 2 aromatic heterocycles. The van der Waals surface area contributed by atoms with E-state index in [1.54, 1.807) is 6.92 Å². The van der Waals surface area contributed by atoms with E-state index in [1.807, 2.05) is 0 Å². The molecule has 1 fully saturated rings. The van der Waals surface area contributed by atoms with E-state index in [0.29, 0.717) is 5.82 Å². The van der Waals surface area contributed by atoms with Gasteiger partial charge in [0.15, 0.2) is 17.4 Å². The van der Waals surface area contributed by atoms with Gasteiger partial charge in [-0.15, -0.1) is 0 Å². The maximum atomic E-state index is 11.7. The van der Waals surface area contributed by atoms with Gasteiger partial charge in [-0.05, 0) is 6.92 Å². The van der Waals surface area contributed by atoms with Crippen LogP contribution in [0.3, 0.4) is 0 Å². The molecule has 1 saturated heterocycles. The zero-order valence-corrected chi connectivity index (χ0v) is 10.6. The van der Waals surface area contributed by atoms with Crippen LogP contribution in [0.5, 0.6) is 0 Å². The molecule has 4 N–H and O–H groups in total. The summed E-state index contributed by atoms with van der Waals surface area (Å²) in [4.78, 5) is 22.3. The topological polar surface area (TPSA) is 133 Å². The number of ether oxygens (including phenoxy) is 1. The van der Waals surface area contributed by atoms with Crippen LogP contribution in [0.2, 0.25) is 0 Å². The number of imidazole rings is 1. The molecule has 0 saturated carbocycles. The predicted octanol–water partition coefficient (Wildman–Crippen LogP) is -1.96. The minimum Gasteiger partial charge on any atom is -0.394 e. The van der Waals surface area contributed by atoms with Crippen LogP contribution in [-0.2, 0) is 4.74 Å². The van der Waals surface area contributed by atoms with Crippen molar-refractivity contribution in [1.29, 1.82) is 0 Å². The molecule has 9 nitrogen and oxygen atoms in total. The lowest BCUT2D eigenvalue weighted by atomic mass is 10.1. The Morgan fingerprint density at radius 1 is 1.45 bits per heavy atom. The van der Waals surface area contributed by atoms with Crippen LogP contribution >= 0.6 is 0 Å². The number of nitrogens with zero attached hydrogens (tertiary/aromatic N) is 3. The Balaban J connectivity index is 2.09. The first-order chi connectivity index (χ1) is 9.52. The van der Waals surface area contributed by atoms with Crippen LogP contribution in [0.1, 0.15) is 12.1 Å². The van der Waals surface area contributed by atoms with E-state index in [-0.39, 0.29) is 11.2 Å². The second kappa shape index (κ2) is 4.63. The lowest BCUT2D eigenvalue weighted by Gasteiger charge is -2.16. The van der Waals surface area contributed by atoms with Crippen molar-refractivity contribution in [3.63, 3.8) is 0 Å². The molecule has 0 aromatic carbocycles. The average molecular weight is 282 g/mol. The highest BCUT2D eigenvalue weighted by molar-refractivity contribution is 5.69. The van der Waals surface area contributed by atoms with Gasteiger partial charge in [-0.2, -0.15) is 0 Å². The molecule has 2 aromatic rings. The molecule has 4 atom stereocenters. The maximum absolute atomic E-state index is 11.7. The van der Waals surface area contributed by atoms with Gasteiger partial charge in [-0.1, -0.05) is 0 Å². The van der Waals surface area contributed by atoms with Gasteiger partial charge in [0.25, 0.3) is 5.56 Å². The predicted molar refractivity (Wildman–Crippen MR) is 65.9 cm³/mol. The summed E-state index contributed by atoms with van der Waals surface area (Å²) < 4.78 is 6.76. The Hall–Kier alpha value is -1.81. The number of aliphatic hydroxyl groups is 3. The molecule has 3 rings (SSSR count). The first-order valence-corrected chi connectivity index (χ1v) is 6.09. The quantitative estimate of drug-likeness (QED) is 0.502. The third-order valence-corrected chi connectivity index (χ3v) is 3.34. The largest absolute Gasteiger partial charge is 0.394 e. The molecule has 3 heterocycles. The first-order valence-electron chi connectivity index (χ1n) is 6.09. The molecule has 0 spiro atoms. The average Bonchev–Trinajstić information content (AvgIpc) is 2.93. The fourth-order valence-electron chi connectivity index (χ4n) is 2.33. The fourth-order valence-corrected chi connectivity index (χ4v) is 2.33. The van der Waals surface area contributed by atoms with Crippen LogP contribution in [0.15, 0.2) is 11.1 Å². The van der Waals surface area contributed by atoms with Crippen LogP contribution in [0.25, 0.3) is 11.2 Å². The van der Waals surface area contributed by atoms with Crippen molar-refractivity contribution in [3.05, 3.63) is 22.5 Å². The highest BCUT2D eigenvalue weighted by atomic mass is 16.6. The molecule has 0 amide bonds. The highest BCUT2D eigenvalue weighted by Crippen LogP contribution is 2.30. The molecule has 108 valence electrons. The van der Waals surface area contributed by atoms with Gasteiger partial charge in [0.2, 0.25) is 0 Å². The van der Waals surface area contributed by atoms with Crippen molar-refractivity contribution in [3.8, 4) is 0 Å². The standard InChI is InChI=1S/C11H14N4O5/c1-4-13-9-6(10(19)14-4)12-3-15(9)11-8(18)7(17)5(2-16)20-11/h3,5,7-8,11,16-18H,2H2,1H3,(H,13,14,19)/t5-,7?,8+,11-/m1/s1. The van der Waals surface area contributed by atoms with Gasteiger partial charge >= 0.3 is 0 Å². The Kier molecular flexibility index (Phi) is 3.05. The molecular formula is C11H14N4O5. The third-order valence-electron chi connectivity index (χ3n) is 3.34. The van der Waals surface area contributed by atoms with Crippen molar-refractivity contribution in [2.45, 2.75) is 31.5 Å². The number of H-pyrrole nitrogens is 1. The SMILES string of the molecule is Cc1nc2c(ncn2[C@@H]2O[C@H](CO)C(O)[C@@H]2O)c(=O)[nH]1. The zero-order valence-electron chi connectivity index (χ0n) is 10.6. The Morgan fingerprint density at radius 2 is 2.20 bits per heavy atom. The van der Waals surface area contributed by atoms with Gasteiger partial charge in [-0.3, -0.25) is 9.36 Å². The highest BCUT2D eigenvalue weighted by Gasteiger charge is 2.44. The number of aliphatic hydroxyl groups excluding tert-OH is 3. The van der Waals surface area contributed by atoms with Crippen molar-refractivity contribution in [2.24, 2.45) is 0 Å². The van der Waals surface area contributed by atoms with Gasteiger partial charge in [-0.25, -0.2) is 9.97 Å². The van der Waals surface area contributed by atoms with E-state index in [9.17, 15) is 15.0 Å². The Bertz CT molecular complexity index is 696. The molecule has 0 radical (unpaired) electrons. The number of fused-ring (bicyclic) bond motifs is 1. The number of hydrogen-bond acceptors (Lipinski definition) is 7. The molecule has 1 unspecified atom stereocenters. The second-order valence-electron chi connectivity index (χ2n) is 4.70. The monoisotopic (exact) mass is 282 g/mol. The van der Waals surface area contributed by atoms with Crippen molar-refractivity contribution in [2.75, 3.05) is 6.61 Å². The van der Waals surface area contributed by atoms with E-state index >= 15 is 0 Å². The van der Waals surface area contributed by atoms with Crippen molar-refractivity contribution in [1.82, 2.24) is 19.5 Å². The molecule has 0 aliphatic carbocycles. The Labute approximate surface area is 112 Å². The van der Waals surface area contributed by atoms with E-state index in [1.165, 1.54) is 10.9 Å². The van der Waals surface area contributed by atoms with Crippen molar-refractivity contribution < 1.29 is 20.1 Å². The normalized spacial score (nSPS) is 30.2. The molecule has 20 heavy (non-hydrogen) atoms. The summed E-state index contributed by atoms with van der Waals surface area (Å²) in [6.07, 6.45) is -3.00. The van der Waals surface area contributed by atoms with E-state index < -0.39 is 36.7 Å². The summed E-state index contributed by atoms with van der Waals surface area (Å²) in [5.74, 6) is 0.399. The second-order valence-corrected chi connectivity index (χ2v) is 4.70. The summed E-state index contributed by atoms with van der Waals surface area (Å²) in [5.41, 5.74) is -0.0209. The lowest BCUT2D eigenvalue weighted by Crippen LogP contribution is -2.33. The third kappa shape index (κ3) is 1.83. The number of hydrogen-bond donors (Lipinski definition) is 4. The molecule has 0 bridgehead atoms. The first kappa shape index (κ1) is 13.2. The lowest BCUT2D eigenvalue weighted by molar-refractivity contribution is -0.0511. The summed E-state index contributed by atoms with van der Waals surface area (Å²) in [6, 6.07) is 0. The maximum Gasteiger partial charge on any atom is 0.279 e. The summed E-state index contributed by atoms with van der Waals surface area (Å²) in [7, 11) is 0. The van der Waals surface area contributed by atoms with Gasteiger partial charge < -0.3 is 25.0 Å². The summed E-state index contributed by atoms with van der Waals surface area (Å²) >= 11 is 0. The van der Waals surface area contributed by atoms with Crippen LogP contribution < -0.4 is 5.56 Å². The summed E-state index contributed by atoms with van der Waals surface area (Å²) in [5, 5.41) is 28.8. The molecule has 1 aliphatic heterocycles. The van der Waals surface area contributed by atoms with Crippen LogP contribution in [0, 0.1) is 6.92 Å². The number of rotatable bonds is 2. The number of aryl methyl sites for hydroxylation is 1. The minimum atomic E-state index is -1.24. The van der Waals surface area contributed by atoms with E-state index in [2.05, 4.69) is 15.0 Å². The minimum absolute atomic E-state index is 0.119. The molecule has 9 heteroatoms. The van der Waals surface area contributed by atoms with E-state index in [4.69, 9.17) is 9.84 Å². The molecular weight excluding hydrogens is 268 g/mol. The Morgan fingerprint density at radius 3 is 2.85 bits per heavy atom. The number of aromatic nitrogens is 4. The van der Waals surface area contributed by atoms with Gasteiger partial charge in [0.1, 0.15) is 24.1 Å².